The van der Waals surface area contributed by atoms with Crippen LogP contribution in [0.15, 0.2) is 12.7 Å². The van der Waals surface area contributed by atoms with Crippen molar-refractivity contribution in [3.05, 3.63) is 12.7 Å². The second-order valence-corrected chi connectivity index (χ2v) is 5.48. The van der Waals surface area contributed by atoms with Gasteiger partial charge in [-0.1, -0.05) is 46.1 Å². The van der Waals surface area contributed by atoms with Gasteiger partial charge in [0, 0.05) is 6.04 Å². The van der Waals surface area contributed by atoms with Crippen molar-refractivity contribution in [1.29, 1.82) is 0 Å². The average Bonchev–Trinajstić information content (AvgIpc) is 2.30. The molecule has 0 aliphatic heterocycles. The van der Waals surface area contributed by atoms with E-state index >= 15 is 0 Å². The van der Waals surface area contributed by atoms with Crippen LogP contribution in [0.5, 0.6) is 0 Å². The lowest BCUT2D eigenvalue weighted by Crippen LogP contribution is -2.31. The maximum atomic E-state index is 3.82. The fraction of sp³-hybridized carbons (Fsp3) is 0.875. The molecule has 0 radical (unpaired) electrons. The van der Waals surface area contributed by atoms with Gasteiger partial charge in [-0.3, -0.25) is 0 Å². The molecule has 0 aromatic heterocycles. The molecule has 102 valence electrons. The molecule has 0 aromatic rings. The molecule has 0 rings (SSSR count). The topological polar surface area (TPSA) is 12.0 Å². The van der Waals surface area contributed by atoms with E-state index in [1.165, 1.54) is 44.9 Å². The van der Waals surface area contributed by atoms with Crippen molar-refractivity contribution in [3.8, 4) is 0 Å². The normalized spacial score (nSPS) is 13.6. The zero-order chi connectivity index (χ0) is 13.1. The van der Waals surface area contributed by atoms with E-state index in [9.17, 15) is 0 Å². The molecule has 1 nitrogen and oxygen atoms in total. The molecule has 1 N–H and O–H groups in total. The van der Waals surface area contributed by atoms with Gasteiger partial charge in [-0.05, 0) is 44.6 Å². The first-order valence-corrected chi connectivity index (χ1v) is 7.50. The predicted molar refractivity (Wildman–Crippen MR) is 79.4 cm³/mol. The van der Waals surface area contributed by atoms with Gasteiger partial charge in [0.15, 0.2) is 0 Å². The largest absolute Gasteiger partial charge is 0.311 e. The third-order valence-corrected chi connectivity index (χ3v) is 3.82. The predicted octanol–water partition coefficient (Wildman–Crippen LogP) is 4.93. The quantitative estimate of drug-likeness (QED) is 0.504. The minimum Gasteiger partial charge on any atom is -0.311 e. The van der Waals surface area contributed by atoms with E-state index in [0.29, 0.717) is 11.5 Å². The molecule has 0 amide bonds. The first-order chi connectivity index (χ1) is 8.14. The van der Waals surface area contributed by atoms with Crippen LogP contribution in [0, 0.1) is 5.41 Å². The third-order valence-electron chi connectivity index (χ3n) is 3.82. The van der Waals surface area contributed by atoms with E-state index in [1.807, 2.05) is 6.08 Å². The summed E-state index contributed by atoms with van der Waals surface area (Å²) in [6.07, 6.45) is 11.4. The fourth-order valence-corrected chi connectivity index (χ4v) is 2.99. The van der Waals surface area contributed by atoms with E-state index in [1.54, 1.807) is 0 Å². The lowest BCUT2D eigenvalue weighted by Gasteiger charge is -2.34. The standard InChI is InChI=1S/C16H33N/c1-6-10-16(11-7-2,12-8-3)13-14-17-15(5)9-4/h9,15,17H,4,6-8,10-14H2,1-3,5H3. The molecular formula is C16H33N. The maximum Gasteiger partial charge on any atom is 0.0219 e. The van der Waals surface area contributed by atoms with E-state index in [4.69, 9.17) is 0 Å². The van der Waals surface area contributed by atoms with Crippen molar-refractivity contribution in [1.82, 2.24) is 5.32 Å². The summed E-state index contributed by atoms with van der Waals surface area (Å²) < 4.78 is 0. The van der Waals surface area contributed by atoms with E-state index in [0.717, 1.165) is 6.54 Å². The Morgan fingerprint density at radius 3 is 1.82 bits per heavy atom. The molecule has 0 aliphatic rings. The highest BCUT2D eigenvalue weighted by Gasteiger charge is 2.26. The first-order valence-electron chi connectivity index (χ1n) is 7.50. The van der Waals surface area contributed by atoms with E-state index in [-0.39, 0.29) is 0 Å². The van der Waals surface area contributed by atoms with Crippen LogP contribution < -0.4 is 5.32 Å². The second-order valence-electron chi connectivity index (χ2n) is 5.48. The molecule has 1 atom stereocenters. The summed E-state index contributed by atoms with van der Waals surface area (Å²) in [6, 6.07) is 0.442. The van der Waals surface area contributed by atoms with Gasteiger partial charge >= 0.3 is 0 Å². The molecule has 1 unspecified atom stereocenters. The fourth-order valence-electron chi connectivity index (χ4n) is 2.99. The van der Waals surface area contributed by atoms with Crippen molar-refractivity contribution >= 4 is 0 Å². The van der Waals surface area contributed by atoms with Gasteiger partial charge in [0.25, 0.3) is 0 Å². The van der Waals surface area contributed by atoms with Crippen molar-refractivity contribution in [2.45, 2.75) is 78.7 Å². The molecule has 0 heterocycles. The number of nitrogens with one attached hydrogen (secondary N) is 1. The summed E-state index contributed by atoms with van der Waals surface area (Å²) in [7, 11) is 0. The van der Waals surface area contributed by atoms with Crippen LogP contribution >= 0.6 is 0 Å². The summed E-state index contributed by atoms with van der Waals surface area (Å²) in [6.45, 7) is 14.1. The minimum atomic E-state index is 0.442. The van der Waals surface area contributed by atoms with Gasteiger partial charge in [-0.25, -0.2) is 0 Å². The third kappa shape index (κ3) is 6.88. The number of hydrogen-bond acceptors (Lipinski definition) is 1. The Bertz CT molecular complexity index is 169. The Labute approximate surface area is 109 Å². The van der Waals surface area contributed by atoms with Gasteiger partial charge in [0.1, 0.15) is 0 Å². The van der Waals surface area contributed by atoms with Crippen LogP contribution in [0.2, 0.25) is 0 Å². The number of hydrogen-bond donors (Lipinski definition) is 1. The highest BCUT2D eigenvalue weighted by Crippen LogP contribution is 2.38. The Morgan fingerprint density at radius 2 is 1.47 bits per heavy atom. The smallest absolute Gasteiger partial charge is 0.0219 e. The van der Waals surface area contributed by atoms with E-state index < -0.39 is 0 Å². The molecule has 0 fully saturated rings. The molecule has 0 bridgehead atoms. The second kappa shape index (κ2) is 9.70. The van der Waals surface area contributed by atoms with Crippen molar-refractivity contribution in [2.24, 2.45) is 5.41 Å². The molecule has 0 aliphatic carbocycles. The van der Waals surface area contributed by atoms with Crippen LogP contribution in [-0.4, -0.2) is 12.6 Å². The maximum absolute atomic E-state index is 3.82. The van der Waals surface area contributed by atoms with Gasteiger partial charge in [-0.2, -0.15) is 0 Å². The minimum absolute atomic E-state index is 0.442. The zero-order valence-corrected chi connectivity index (χ0v) is 12.5. The summed E-state index contributed by atoms with van der Waals surface area (Å²) in [5.74, 6) is 0. The number of rotatable bonds is 11. The average molecular weight is 239 g/mol. The van der Waals surface area contributed by atoms with Gasteiger partial charge in [-0.15, -0.1) is 6.58 Å². The summed E-state index contributed by atoms with van der Waals surface area (Å²) in [5, 5.41) is 3.54. The summed E-state index contributed by atoms with van der Waals surface area (Å²) in [5.41, 5.74) is 0.589. The lowest BCUT2D eigenvalue weighted by molar-refractivity contribution is 0.190. The first kappa shape index (κ1) is 16.7. The highest BCUT2D eigenvalue weighted by atomic mass is 14.9. The Morgan fingerprint density at radius 1 is 1.00 bits per heavy atom. The molecule has 0 aromatic carbocycles. The monoisotopic (exact) mass is 239 g/mol. The van der Waals surface area contributed by atoms with Crippen molar-refractivity contribution in [3.63, 3.8) is 0 Å². The van der Waals surface area contributed by atoms with Crippen molar-refractivity contribution < 1.29 is 0 Å². The van der Waals surface area contributed by atoms with Crippen LogP contribution in [0.4, 0.5) is 0 Å². The Kier molecular flexibility index (Phi) is 9.53. The highest BCUT2D eigenvalue weighted by molar-refractivity contribution is 4.84. The molecule has 0 saturated carbocycles. The SMILES string of the molecule is C=CC(C)NCCC(CCC)(CCC)CCC. The van der Waals surface area contributed by atoms with Gasteiger partial charge in [0.05, 0.1) is 0 Å². The van der Waals surface area contributed by atoms with Gasteiger partial charge in [0.2, 0.25) is 0 Å². The van der Waals surface area contributed by atoms with Gasteiger partial charge < -0.3 is 5.32 Å². The van der Waals surface area contributed by atoms with Crippen LogP contribution in [0.3, 0.4) is 0 Å². The van der Waals surface area contributed by atoms with Crippen LogP contribution in [0.25, 0.3) is 0 Å². The Hall–Kier alpha value is -0.300. The zero-order valence-electron chi connectivity index (χ0n) is 12.5. The molecule has 0 spiro atoms. The van der Waals surface area contributed by atoms with E-state index in [2.05, 4.69) is 39.6 Å². The molecular weight excluding hydrogens is 206 g/mol. The van der Waals surface area contributed by atoms with Crippen molar-refractivity contribution in [2.75, 3.05) is 6.54 Å². The summed E-state index contributed by atoms with van der Waals surface area (Å²) >= 11 is 0. The van der Waals surface area contributed by atoms with Crippen LogP contribution in [0.1, 0.15) is 72.6 Å². The molecule has 0 saturated heterocycles. The lowest BCUT2D eigenvalue weighted by atomic mass is 9.73. The molecule has 17 heavy (non-hydrogen) atoms. The van der Waals surface area contributed by atoms with Crippen LogP contribution in [-0.2, 0) is 0 Å². The summed E-state index contributed by atoms with van der Waals surface area (Å²) in [4.78, 5) is 0. The molecule has 1 heteroatoms. The Balaban J connectivity index is 4.27.